The van der Waals surface area contributed by atoms with Crippen LogP contribution in [0.2, 0.25) is 0 Å². The van der Waals surface area contributed by atoms with Crippen molar-refractivity contribution in [2.45, 2.75) is 20.8 Å². The van der Waals surface area contributed by atoms with Gasteiger partial charge in [-0.2, -0.15) is 0 Å². The van der Waals surface area contributed by atoms with E-state index in [0.717, 1.165) is 5.56 Å². The smallest absolute Gasteiger partial charge is 0.340 e. The number of benzene rings is 1. The van der Waals surface area contributed by atoms with Gasteiger partial charge in [0.1, 0.15) is 5.69 Å². The Morgan fingerprint density at radius 2 is 1.68 bits per heavy atom. The number of ketones is 1. The van der Waals surface area contributed by atoms with Gasteiger partial charge in [0.15, 0.2) is 0 Å². The molecule has 0 fully saturated rings. The molecule has 0 saturated heterocycles. The molecule has 1 amide bonds. The summed E-state index contributed by atoms with van der Waals surface area (Å²) in [5.74, 6) is -1.88. The van der Waals surface area contributed by atoms with Gasteiger partial charge < -0.3 is 14.6 Å². The Labute approximate surface area is 146 Å². The minimum atomic E-state index is -0.695. The molecule has 0 unspecified atom stereocenters. The zero-order valence-corrected chi connectivity index (χ0v) is 15.1. The third-order valence-electron chi connectivity index (χ3n) is 3.83. The Morgan fingerprint density at radius 1 is 1.08 bits per heavy atom. The molecule has 0 atom stereocenters. The number of likely N-dealkylation sites (N-methyl/N-ethyl adjacent to an activating group) is 1. The SMILES string of the molecule is CCOC(=O)c1c(C)[nH]c(C(=O)C(=O)N(C)C)c1-c1ccc(C)cc1. The lowest BCUT2D eigenvalue weighted by molar-refractivity contribution is -0.124. The molecule has 0 bridgehead atoms. The molecule has 1 aromatic heterocycles. The number of amides is 1. The molecule has 25 heavy (non-hydrogen) atoms. The number of H-pyrrole nitrogens is 1. The molecule has 1 aromatic carbocycles. The van der Waals surface area contributed by atoms with Crippen LogP contribution in [-0.2, 0) is 9.53 Å². The summed E-state index contributed by atoms with van der Waals surface area (Å²) in [6.45, 7) is 5.56. The number of aryl methyl sites for hydroxylation is 2. The Bertz CT molecular complexity index is 817. The van der Waals surface area contributed by atoms with E-state index in [1.165, 1.54) is 19.0 Å². The van der Waals surface area contributed by atoms with Gasteiger partial charge >= 0.3 is 5.97 Å². The highest BCUT2D eigenvalue weighted by Crippen LogP contribution is 2.32. The first-order chi connectivity index (χ1) is 11.8. The van der Waals surface area contributed by atoms with Crippen LogP contribution in [-0.4, -0.2) is 48.2 Å². The summed E-state index contributed by atoms with van der Waals surface area (Å²) in [4.78, 5) is 41.3. The van der Waals surface area contributed by atoms with Crippen LogP contribution < -0.4 is 0 Å². The molecule has 6 nitrogen and oxygen atoms in total. The minimum Gasteiger partial charge on any atom is -0.462 e. The molecule has 0 aliphatic carbocycles. The second-order valence-electron chi connectivity index (χ2n) is 5.99. The molecule has 2 aromatic rings. The van der Waals surface area contributed by atoms with Crippen LogP contribution in [0, 0.1) is 13.8 Å². The summed E-state index contributed by atoms with van der Waals surface area (Å²) in [5.41, 5.74) is 2.99. The summed E-state index contributed by atoms with van der Waals surface area (Å²) >= 11 is 0. The van der Waals surface area contributed by atoms with E-state index < -0.39 is 17.7 Å². The van der Waals surface area contributed by atoms with Gasteiger partial charge in [-0.1, -0.05) is 29.8 Å². The molecule has 0 saturated carbocycles. The quantitative estimate of drug-likeness (QED) is 0.515. The van der Waals surface area contributed by atoms with Gasteiger partial charge in [-0.15, -0.1) is 0 Å². The molecule has 1 N–H and O–H groups in total. The van der Waals surface area contributed by atoms with Crippen molar-refractivity contribution >= 4 is 17.7 Å². The van der Waals surface area contributed by atoms with E-state index in [9.17, 15) is 14.4 Å². The van der Waals surface area contributed by atoms with Crippen LogP contribution >= 0.6 is 0 Å². The molecule has 6 heteroatoms. The third-order valence-corrected chi connectivity index (χ3v) is 3.83. The first kappa shape index (κ1) is 18.4. The lowest BCUT2D eigenvalue weighted by atomic mass is 9.97. The molecular weight excluding hydrogens is 320 g/mol. The number of esters is 1. The number of hydrogen-bond acceptors (Lipinski definition) is 4. The summed E-state index contributed by atoms with van der Waals surface area (Å²) in [6.07, 6.45) is 0. The number of hydrogen-bond donors (Lipinski definition) is 1. The molecule has 1 heterocycles. The zero-order valence-electron chi connectivity index (χ0n) is 15.1. The van der Waals surface area contributed by atoms with Crippen LogP contribution in [0.5, 0.6) is 0 Å². The van der Waals surface area contributed by atoms with Gasteiger partial charge in [0.05, 0.1) is 12.2 Å². The Balaban J connectivity index is 2.70. The highest BCUT2D eigenvalue weighted by atomic mass is 16.5. The summed E-state index contributed by atoms with van der Waals surface area (Å²) in [7, 11) is 3.02. The summed E-state index contributed by atoms with van der Waals surface area (Å²) < 4.78 is 5.13. The Hall–Kier alpha value is -2.89. The van der Waals surface area contributed by atoms with Gasteiger partial charge in [0.2, 0.25) is 0 Å². The number of ether oxygens (including phenoxy) is 1. The predicted molar refractivity (Wildman–Crippen MR) is 94.7 cm³/mol. The predicted octanol–water partition coefficient (Wildman–Crippen LogP) is 2.75. The van der Waals surface area contributed by atoms with Crippen molar-refractivity contribution in [1.82, 2.24) is 9.88 Å². The number of carbonyl (C=O) groups is 3. The van der Waals surface area contributed by atoms with Crippen LogP contribution in [0.15, 0.2) is 24.3 Å². The first-order valence-electron chi connectivity index (χ1n) is 8.00. The number of rotatable bonds is 5. The maximum atomic E-state index is 12.6. The van der Waals surface area contributed by atoms with E-state index >= 15 is 0 Å². The number of aromatic nitrogens is 1. The van der Waals surface area contributed by atoms with Crippen molar-refractivity contribution < 1.29 is 19.1 Å². The summed E-state index contributed by atoms with van der Waals surface area (Å²) in [5, 5.41) is 0. The van der Waals surface area contributed by atoms with Crippen molar-refractivity contribution in [3.05, 3.63) is 46.8 Å². The maximum absolute atomic E-state index is 12.6. The van der Waals surface area contributed by atoms with E-state index in [2.05, 4.69) is 4.98 Å². The fraction of sp³-hybridized carbons (Fsp3) is 0.316. The van der Waals surface area contributed by atoms with Crippen LogP contribution in [0.1, 0.15) is 39.0 Å². The zero-order chi connectivity index (χ0) is 18.7. The highest BCUT2D eigenvalue weighted by molar-refractivity contribution is 6.43. The second-order valence-corrected chi connectivity index (χ2v) is 5.99. The van der Waals surface area contributed by atoms with Gasteiger partial charge in [-0.3, -0.25) is 9.59 Å². The molecule has 0 aliphatic heterocycles. The van der Waals surface area contributed by atoms with E-state index in [1.54, 1.807) is 13.8 Å². The van der Waals surface area contributed by atoms with E-state index in [4.69, 9.17) is 4.74 Å². The average molecular weight is 342 g/mol. The van der Waals surface area contributed by atoms with Crippen LogP contribution in [0.3, 0.4) is 0 Å². The number of nitrogens with one attached hydrogen (secondary N) is 1. The number of Topliss-reactive ketones (excluding diaryl/α,β-unsaturated/α-hetero) is 1. The Morgan fingerprint density at radius 3 is 2.20 bits per heavy atom. The maximum Gasteiger partial charge on any atom is 0.340 e. The third kappa shape index (κ3) is 3.63. The largest absolute Gasteiger partial charge is 0.462 e. The lowest BCUT2D eigenvalue weighted by Crippen LogP contribution is -2.30. The van der Waals surface area contributed by atoms with Crippen molar-refractivity contribution in [2.75, 3.05) is 20.7 Å². The van der Waals surface area contributed by atoms with Crippen LogP contribution in [0.25, 0.3) is 11.1 Å². The molecule has 132 valence electrons. The van der Waals surface area contributed by atoms with Gasteiger partial charge in [-0.25, -0.2) is 4.79 Å². The molecule has 0 radical (unpaired) electrons. The first-order valence-corrected chi connectivity index (χ1v) is 8.00. The standard InChI is InChI=1S/C19H22N2O4/c1-6-25-19(24)14-12(3)20-16(17(22)18(23)21(4)5)15(14)13-9-7-11(2)8-10-13/h7-10,20H,6H2,1-5H3. The Kier molecular flexibility index (Phi) is 5.41. The lowest BCUT2D eigenvalue weighted by Gasteiger charge is -2.11. The molecule has 0 aliphatic rings. The van der Waals surface area contributed by atoms with Crippen molar-refractivity contribution in [2.24, 2.45) is 0 Å². The van der Waals surface area contributed by atoms with Gasteiger partial charge in [0.25, 0.3) is 11.7 Å². The fourth-order valence-corrected chi connectivity index (χ4v) is 2.57. The van der Waals surface area contributed by atoms with Gasteiger partial charge in [-0.05, 0) is 26.3 Å². The summed E-state index contributed by atoms with van der Waals surface area (Å²) in [6, 6.07) is 7.40. The normalized spacial score (nSPS) is 10.4. The van der Waals surface area contributed by atoms with Crippen molar-refractivity contribution in [3.8, 4) is 11.1 Å². The number of aromatic amines is 1. The topological polar surface area (TPSA) is 79.5 Å². The minimum absolute atomic E-state index is 0.100. The van der Waals surface area contributed by atoms with Crippen molar-refractivity contribution in [3.63, 3.8) is 0 Å². The van der Waals surface area contributed by atoms with Crippen LogP contribution in [0.4, 0.5) is 0 Å². The van der Waals surface area contributed by atoms with E-state index in [0.29, 0.717) is 16.8 Å². The fourth-order valence-electron chi connectivity index (χ4n) is 2.57. The highest BCUT2D eigenvalue weighted by Gasteiger charge is 2.30. The van der Waals surface area contributed by atoms with Gasteiger partial charge in [0, 0.05) is 25.4 Å². The molecular formula is C19H22N2O4. The van der Waals surface area contributed by atoms with E-state index in [1.807, 2.05) is 31.2 Å². The number of carbonyl (C=O) groups excluding carboxylic acids is 3. The van der Waals surface area contributed by atoms with Crippen molar-refractivity contribution in [1.29, 1.82) is 0 Å². The monoisotopic (exact) mass is 342 g/mol. The molecule has 0 spiro atoms. The number of nitrogens with zero attached hydrogens (tertiary/aromatic N) is 1. The van der Waals surface area contributed by atoms with E-state index in [-0.39, 0.29) is 17.9 Å². The molecule has 2 rings (SSSR count). The second kappa shape index (κ2) is 7.34. The average Bonchev–Trinajstić information content (AvgIpc) is 2.91.